The van der Waals surface area contributed by atoms with Crippen molar-refractivity contribution in [2.24, 2.45) is 0 Å². The van der Waals surface area contributed by atoms with Crippen LogP contribution < -0.4 is 15.1 Å². The van der Waals surface area contributed by atoms with Gasteiger partial charge in [-0.3, -0.25) is 4.79 Å². The summed E-state index contributed by atoms with van der Waals surface area (Å²) in [6, 6.07) is 19.3. The number of carbonyl (C=O) groups is 1. The molecule has 6 heteroatoms. The minimum Gasteiger partial charge on any atom is -0.344 e. The molecule has 0 atom stereocenters. The molecule has 1 fully saturated rings. The van der Waals surface area contributed by atoms with Crippen LogP contribution in [0.2, 0.25) is 0 Å². The molecule has 0 saturated carbocycles. The van der Waals surface area contributed by atoms with Crippen molar-refractivity contribution >= 4 is 17.4 Å². The van der Waals surface area contributed by atoms with Crippen molar-refractivity contribution in [3.8, 4) is 11.3 Å². The van der Waals surface area contributed by atoms with E-state index in [-0.39, 0.29) is 5.91 Å². The standard InChI is InChI=1S/C23H25N5O/c1-17-5-3-7-19(15-17)23(29)24-20-8-4-6-18(16-20)21-9-10-22(26-25-21)28-13-11-27(2)12-14-28/h3-10,15-16H,11-14H2,1-2H3,(H,24,29)/p+1. The molecule has 1 saturated heterocycles. The number of nitrogens with zero attached hydrogens (tertiary/aromatic N) is 3. The van der Waals surface area contributed by atoms with Crippen molar-refractivity contribution in [1.29, 1.82) is 0 Å². The summed E-state index contributed by atoms with van der Waals surface area (Å²) in [5, 5.41) is 11.8. The van der Waals surface area contributed by atoms with E-state index < -0.39 is 0 Å². The lowest BCUT2D eigenvalue weighted by atomic mass is 10.1. The van der Waals surface area contributed by atoms with Crippen LogP contribution in [0.25, 0.3) is 11.3 Å². The van der Waals surface area contributed by atoms with Gasteiger partial charge in [-0.2, -0.15) is 0 Å². The summed E-state index contributed by atoms with van der Waals surface area (Å²) in [5.41, 5.74) is 4.16. The van der Waals surface area contributed by atoms with Crippen LogP contribution in [0, 0.1) is 6.92 Å². The summed E-state index contributed by atoms with van der Waals surface area (Å²) in [7, 11) is 2.22. The van der Waals surface area contributed by atoms with Crippen molar-refractivity contribution in [3.05, 3.63) is 71.8 Å². The van der Waals surface area contributed by atoms with E-state index in [1.807, 2.05) is 67.6 Å². The van der Waals surface area contributed by atoms with Crippen LogP contribution in [0.4, 0.5) is 11.5 Å². The predicted octanol–water partition coefficient (Wildman–Crippen LogP) is 2.04. The molecule has 148 valence electrons. The highest BCUT2D eigenvalue weighted by molar-refractivity contribution is 6.04. The number of hydrogen-bond donors (Lipinski definition) is 2. The number of carbonyl (C=O) groups excluding carboxylic acids is 1. The van der Waals surface area contributed by atoms with E-state index in [9.17, 15) is 4.79 Å². The molecule has 29 heavy (non-hydrogen) atoms. The Balaban J connectivity index is 1.47. The third-order valence-electron chi connectivity index (χ3n) is 5.29. The average molecular weight is 388 g/mol. The highest BCUT2D eigenvalue weighted by Gasteiger charge is 2.18. The zero-order valence-electron chi connectivity index (χ0n) is 16.9. The molecule has 0 unspecified atom stereocenters. The number of aromatic nitrogens is 2. The molecule has 1 aliphatic rings. The first kappa shape index (κ1) is 19.1. The lowest BCUT2D eigenvalue weighted by Crippen LogP contribution is -3.12. The first-order valence-electron chi connectivity index (χ1n) is 9.97. The fraction of sp³-hybridized carbons (Fsp3) is 0.261. The molecule has 1 amide bonds. The third-order valence-corrected chi connectivity index (χ3v) is 5.29. The molecule has 1 aliphatic heterocycles. The largest absolute Gasteiger partial charge is 0.344 e. The van der Waals surface area contributed by atoms with E-state index >= 15 is 0 Å². The Morgan fingerprint density at radius 1 is 1.00 bits per heavy atom. The maximum atomic E-state index is 12.5. The van der Waals surface area contributed by atoms with E-state index in [0.29, 0.717) is 5.56 Å². The van der Waals surface area contributed by atoms with Crippen molar-refractivity contribution in [2.45, 2.75) is 6.92 Å². The summed E-state index contributed by atoms with van der Waals surface area (Å²) in [4.78, 5) is 16.3. The van der Waals surface area contributed by atoms with Crippen LogP contribution in [-0.2, 0) is 0 Å². The highest BCUT2D eigenvalue weighted by Crippen LogP contribution is 2.22. The predicted molar refractivity (Wildman–Crippen MR) is 115 cm³/mol. The number of aryl methyl sites for hydroxylation is 1. The minimum absolute atomic E-state index is 0.121. The Hall–Kier alpha value is -3.25. The first-order chi connectivity index (χ1) is 14.1. The number of likely N-dealkylation sites (N-methyl/N-ethyl adjacent to an activating group) is 1. The maximum absolute atomic E-state index is 12.5. The summed E-state index contributed by atoms with van der Waals surface area (Å²) in [6.45, 7) is 6.21. The summed E-state index contributed by atoms with van der Waals surface area (Å²) < 4.78 is 0. The normalized spacial score (nSPS) is 14.6. The van der Waals surface area contributed by atoms with Crippen LogP contribution in [0.1, 0.15) is 15.9 Å². The van der Waals surface area contributed by atoms with E-state index in [1.54, 1.807) is 4.90 Å². The van der Waals surface area contributed by atoms with Gasteiger partial charge in [-0.15, -0.1) is 10.2 Å². The van der Waals surface area contributed by atoms with Gasteiger partial charge in [-0.05, 0) is 43.3 Å². The Morgan fingerprint density at radius 3 is 2.52 bits per heavy atom. The molecular formula is C23H26N5O+. The average Bonchev–Trinajstić information content (AvgIpc) is 2.75. The molecule has 2 N–H and O–H groups in total. The van der Waals surface area contributed by atoms with Gasteiger partial charge in [-0.1, -0.05) is 29.8 Å². The molecule has 0 aliphatic carbocycles. The number of amides is 1. The number of nitrogens with one attached hydrogen (secondary N) is 2. The minimum atomic E-state index is -0.121. The van der Waals surface area contributed by atoms with Gasteiger partial charge in [-0.25, -0.2) is 0 Å². The monoisotopic (exact) mass is 388 g/mol. The lowest BCUT2D eigenvalue weighted by Gasteiger charge is -2.30. The highest BCUT2D eigenvalue weighted by atomic mass is 16.1. The molecule has 0 spiro atoms. The van der Waals surface area contributed by atoms with Gasteiger partial charge in [0.25, 0.3) is 5.91 Å². The second kappa shape index (κ2) is 8.41. The number of rotatable bonds is 4. The smallest absolute Gasteiger partial charge is 0.255 e. The number of quaternary nitrogens is 1. The van der Waals surface area contributed by atoms with Crippen molar-refractivity contribution in [1.82, 2.24) is 10.2 Å². The fourth-order valence-electron chi connectivity index (χ4n) is 3.51. The Kier molecular flexibility index (Phi) is 5.53. The van der Waals surface area contributed by atoms with Gasteiger partial charge in [0, 0.05) is 16.8 Å². The fourth-order valence-corrected chi connectivity index (χ4v) is 3.51. The second-order valence-electron chi connectivity index (χ2n) is 7.63. The van der Waals surface area contributed by atoms with Gasteiger partial charge < -0.3 is 15.1 Å². The van der Waals surface area contributed by atoms with Gasteiger partial charge >= 0.3 is 0 Å². The van der Waals surface area contributed by atoms with Crippen molar-refractivity contribution < 1.29 is 9.69 Å². The molecule has 6 nitrogen and oxygen atoms in total. The molecule has 2 heterocycles. The molecule has 3 aromatic rings. The number of hydrogen-bond acceptors (Lipinski definition) is 4. The SMILES string of the molecule is Cc1cccc(C(=O)Nc2cccc(-c3ccc(N4CC[NH+](C)CC4)nn3)c2)c1. The van der Waals surface area contributed by atoms with Crippen LogP contribution >= 0.6 is 0 Å². The van der Waals surface area contributed by atoms with Crippen LogP contribution in [0.15, 0.2) is 60.7 Å². The van der Waals surface area contributed by atoms with Crippen molar-refractivity contribution in [3.63, 3.8) is 0 Å². The molecule has 4 rings (SSSR count). The summed E-state index contributed by atoms with van der Waals surface area (Å²) in [5.74, 6) is 0.801. The second-order valence-corrected chi connectivity index (χ2v) is 7.63. The van der Waals surface area contributed by atoms with Gasteiger partial charge in [0.15, 0.2) is 5.82 Å². The van der Waals surface area contributed by atoms with Crippen molar-refractivity contribution in [2.75, 3.05) is 43.4 Å². The molecule has 2 aromatic carbocycles. The maximum Gasteiger partial charge on any atom is 0.255 e. The summed E-state index contributed by atoms with van der Waals surface area (Å²) in [6.07, 6.45) is 0. The molecule has 1 aromatic heterocycles. The Bertz CT molecular complexity index is 994. The zero-order valence-corrected chi connectivity index (χ0v) is 16.9. The van der Waals surface area contributed by atoms with Gasteiger partial charge in [0.1, 0.15) is 0 Å². The first-order valence-corrected chi connectivity index (χ1v) is 9.97. The van der Waals surface area contributed by atoms with Gasteiger partial charge in [0.05, 0.1) is 38.9 Å². The van der Waals surface area contributed by atoms with Gasteiger partial charge in [0.2, 0.25) is 0 Å². The topological polar surface area (TPSA) is 62.6 Å². The molecule has 0 bridgehead atoms. The van der Waals surface area contributed by atoms with E-state index in [2.05, 4.69) is 27.5 Å². The van der Waals surface area contributed by atoms with Crippen LogP contribution in [0.3, 0.4) is 0 Å². The van der Waals surface area contributed by atoms with E-state index in [0.717, 1.165) is 54.5 Å². The van der Waals surface area contributed by atoms with E-state index in [1.165, 1.54) is 0 Å². The number of benzene rings is 2. The zero-order chi connectivity index (χ0) is 20.2. The number of piperazine rings is 1. The Labute approximate surface area is 171 Å². The third kappa shape index (κ3) is 4.60. The van der Waals surface area contributed by atoms with Crippen LogP contribution in [-0.4, -0.2) is 49.3 Å². The lowest BCUT2D eigenvalue weighted by molar-refractivity contribution is -0.880. The summed E-state index contributed by atoms with van der Waals surface area (Å²) >= 11 is 0. The number of anilines is 2. The molecular weight excluding hydrogens is 362 g/mol. The Morgan fingerprint density at radius 2 is 1.79 bits per heavy atom. The van der Waals surface area contributed by atoms with Crippen LogP contribution in [0.5, 0.6) is 0 Å². The molecule has 0 radical (unpaired) electrons. The quantitative estimate of drug-likeness (QED) is 0.718. The van der Waals surface area contributed by atoms with E-state index in [4.69, 9.17) is 0 Å².